The molecule has 1 N–H and O–H groups in total. The summed E-state index contributed by atoms with van der Waals surface area (Å²) in [6.07, 6.45) is 2.48. The molecule has 1 aromatic carbocycles. The van der Waals surface area contributed by atoms with Crippen LogP contribution < -0.4 is 10.1 Å². The van der Waals surface area contributed by atoms with E-state index < -0.39 is 0 Å². The number of ether oxygens (including phenoxy) is 1. The molecule has 0 saturated carbocycles. The molecule has 0 aliphatic heterocycles. The summed E-state index contributed by atoms with van der Waals surface area (Å²) in [6.45, 7) is 8.05. The number of benzene rings is 1. The average Bonchev–Trinajstić information content (AvgIpc) is 2.30. The van der Waals surface area contributed by atoms with E-state index in [-0.39, 0.29) is 0 Å². The lowest BCUT2D eigenvalue weighted by molar-refractivity contribution is 0.340. The Bertz CT molecular complexity index is 341. The van der Waals surface area contributed by atoms with Crippen molar-refractivity contribution in [1.29, 1.82) is 0 Å². The first kappa shape index (κ1) is 14.2. The quantitative estimate of drug-likeness (QED) is 0.770. The zero-order valence-corrected chi connectivity index (χ0v) is 11.7. The highest BCUT2D eigenvalue weighted by molar-refractivity contribution is 6.32. The molecule has 1 rings (SSSR count). The molecule has 17 heavy (non-hydrogen) atoms. The Hall–Kier alpha value is -0.890. The molecule has 0 fully saturated rings. The third-order valence-corrected chi connectivity index (χ3v) is 2.96. The number of halogens is 1. The van der Waals surface area contributed by atoms with Gasteiger partial charge in [-0.05, 0) is 37.5 Å². The lowest BCUT2D eigenvalue weighted by Gasteiger charge is -2.13. The molecule has 0 spiro atoms. The Labute approximate surface area is 109 Å². The van der Waals surface area contributed by atoms with Gasteiger partial charge in [0.1, 0.15) is 5.75 Å². The fraction of sp³-hybridized carbons (Fsp3) is 0.571. The Morgan fingerprint density at radius 2 is 2.12 bits per heavy atom. The van der Waals surface area contributed by atoms with Crippen molar-refractivity contribution in [1.82, 2.24) is 0 Å². The van der Waals surface area contributed by atoms with E-state index in [0.717, 1.165) is 18.0 Å². The predicted molar refractivity (Wildman–Crippen MR) is 75.2 cm³/mol. The van der Waals surface area contributed by atoms with Crippen molar-refractivity contribution < 1.29 is 4.74 Å². The van der Waals surface area contributed by atoms with Gasteiger partial charge in [-0.1, -0.05) is 31.9 Å². The van der Waals surface area contributed by atoms with Gasteiger partial charge < -0.3 is 10.1 Å². The first-order valence-corrected chi connectivity index (χ1v) is 6.71. The molecule has 1 aromatic rings. The lowest BCUT2D eigenvalue weighted by atomic mass is 10.1. The van der Waals surface area contributed by atoms with Gasteiger partial charge in [-0.25, -0.2) is 0 Å². The Morgan fingerprint density at radius 1 is 1.35 bits per heavy atom. The maximum absolute atomic E-state index is 6.12. The van der Waals surface area contributed by atoms with E-state index in [0.29, 0.717) is 17.5 Å². The summed E-state index contributed by atoms with van der Waals surface area (Å²) >= 11 is 6.12. The molecule has 2 nitrogen and oxygen atoms in total. The highest BCUT2D eigenvalue weighted by Gasteiger charge is 2.04. The summed E-state index contributed by atoms with van der Waals surface area (Å²) in [5.74, 6) is 1.44. The average molecular weight is 256 g/mol. The van der Waals surface area contributed by atoms with Crippen LogP contribution in [0.25, 0.3) is 0 Å². The molecule has 1 atom stereocenters. The van der Waals surface area contributed by atoms with Crippen molar-refractivity contribution in [3.05, 3.63) is 23.2 Å². The number of nitrogens with one attached hydrogen (secondary N) is 1. The Balaban J connectivity index is 2.52. The summed E-state index contributed by atoms with van der Waals surface area (Å²) in [6, 6.07) is 5.85. The van der Waals surface area contributed by atoms with Gasteiger partial charge in [0.25, 0.3) is 0 Å². The van der Waals surface area contributed by atoms with E-state index in [9.17, 15) is 0 Å². The van der Waals surface area contributed by atoms with Crippen LogP contribution in [0.3, 0.4) is 0 Å². The molecule has 0 aliphatic rings. The highest BCUT2D eigenvalue weighted by Crippen LogP contribution is 2.27. The van der Waals surface area contributed by atoms with Gasteiger partial charge in [0, 0.05) is 12.2 Å². The summed E-state index contributed by atoms with van der Waals surface area (Å²) in [5, 5.41) is 4.07. The van der Waals surface area contributed by atoms with Gasteiger partial charge in [-0.15, -0.1) is 0 Å². The minimum absolute atomic E-state index is 0.639. The smallest absolute Gasteiger partial charge is 0.138 e. The highest BCUT2D eigenvalue weighted by atomic mass is 35.5. The third kappa shape index (κ3) is 4.86. The van der Waals surface area contributed by atoms with Crippen LogP contribution in [0.4, 0.5) is 5.69 Å². The van der Waals surface area contributed by atoms with Crippen molar-refractivity contribution in [2.75, 3.05) is 18.5 Å². The molecule has 0 aliphatic carbocycles. The lowest BCUT2D eigenvalue weighted by Crippen LogP contribution is -2.10. The summed E-state index contributed by atoms with van der Waals surface area (Å²) < 4.78 is 5.40. The van der Waals surface area contributed by atoms with Crippen molar-refractivity contribution in [3.63, 3.8) is 0 Å². The number of anilines is 1. The molecular formula is C14H22ClNO. The molecule has 0 amide bonds. The Morgan fingerprint density at radius 3 is 2.71 bits per heavy atom. The van der Waals surface area contributed by atoms with E-state index in [1.807, 2.05) is 25.1 Å². The van der Waals surface area contributed by atoms with Gasteiger partial charge in [0.05, 0.1) is 11.6 Å². The second kappa shape index (κ2) is 7.44. The van der Waals surface area contributed by atoms with E-state index >= 15 is 0 Å². The van der Waals surface area contributed by atoms with Crippen LogP contribution in [-0.4, -0.2) is 13.2 Å². The number of rotatable bonds is 7. The molecule has 96 valence electrons. The van der Waals surface area contributed by atoms with E-state index in [2.05, 4.69) is 19.2 Å². The van der Waals surface area contributed by atoms with Crippen LogP contribution in [0.2, 0.25) is 5.02 Å². The van der Waals surface area contributed by atoms with Gasteiger partial charge in [0.15, 0.2) is 0 Å². The number of hydrogen-bond acceptors (Lipinski definition) is 2. The molecular weight excluding hydrogens is 234 g/mol. The minimum Gasteiger partial charge on any atom is -0.492 e. The fourth-order valence-electron chi connectivity index (χ4n) is 1.77. The molecule has 0 bridgehead atoms. The van der Waals surface area contributed by atoms with Crippen LogP contribution in [0.15, 0.2) is 18.2 Å². The summed E-state index contributed by atoms with van der Waals surface area (Å²) in [7, 11) is 0. The maximum atomic E-state index is 6.12. The van der Waals surface area contributed by atoms with Crippen LogP contribution in [0.1, 0.15) is 33.6 Å². The predicted octanol–water partition coefficient (Wildman–Crippen LogP) is 4.59. The zero-order chi connectivity index (χ0) is 12.7. The van der Waals surface area contributed by atoms with E-state index in [1.54, 1.807) is 0 Å². The van der Waals surface area contributed by atoms with E-state index in [4.69, 9.17) is 16.3 Å². The molecule has 3 heteroatoms. The molecule has 0 saturated heterocycles. The van der Waals surface area contributed by atoms with Gasteiger partial charge in [-0.2, -0.15) is 0 Å². The molecule has 0 aromatic heterocycles. The maximum Gasteiger partial charge on any atom is 0.138 e. The van der Waals surface area contributed by atoms with Gasteiger partial charge in [0.2, 0.25) is 0 Å². The summed E-state index contributed by atoms with van der Waals surface area (Å²) in [5.41, 5.74) is 1.06. The fourth-order valence-corrected chi connectivity index (χ4v) is 2.01. The van der Waals surface area contributed by atoms with E-state index in [1.165, 1.54) is 12.8 Å². The van der Waals surface area contributed by atoms with Crippen LogP contribution in [0, 0.1) is 5.92 Å². The second-order valence-corrected chi connectivity index (χ2v) is 4.76. The normalized spacial score (nSPS) is 12.2. The van der Waals surface area contributed by atoms with Crippen molar-refractivity contribution in [3.8, 4) is 5.75 Å². The SMILES string of the molecule is CCCC(C)CNc1ccc(OCC)c(Cl)c1. The first-order valence-electron chi connectivity index (χ1n) is 6.33. The second-order valence-electron chi connectivity index (χ2n) is 4.35. The van der Waals surface area contributed by atoms with Crippen molar-refractivity contribution in [2.24, 2.45) is 5.92 Å². The molecule has 1 unspecified atom stereocenters. The van der Waals surface area contributed by atoms with Crippen LogP contribution >= 0.6 is 11.6 Å². The molecule has 0 radical (unpaired) electrons. The summed E-state index contributed by atoms with van der Waals surface area (Å²) in [4.78, 5) is 0. The standard InChI is InChI=1S/C14H22ClNO/c1-4-6-11(3)10-16-12-7-8-14(17-5-2)13(15)9-12/h7-9,11,16H,4-6,10H2,1-3H3. The molecule has 0 heterocycles. The topological polar surface area (TPSA) is 21.3 Å². The monoisotopic (exact) mass is 255 g/mol. The third-order valence-electron chi connectivity index (χ3n) is 2.67. The Kier molecular flexibility index (Phi) is 6.20. The van der Waals surface area contributed by atoms with Gasteiger partial charge in [-0.3, -0.25) is 0 Å². The minimum atomic E-state index is 0.639. The van der Waals surface area contributed by atoms with Crippen LogP contribution in [-0.2, 0) is 0 Å². The van der Waals surface area contributed by atoms with Crippen molar-refractivity contribution >= 4 is 17.3 Å². The number of hydrogen-bond donors (Lipinski definition) is 1. The van der Waals surface area contributed by atoms with Crippen LogP contribution in [0.5, 0.6) is 5.75 Å². The first-order chi connectivity index (χ1) is 8.17. The van der Waals surface area contributed by atoms with Gasteiger partial charge >= 0.3 is 0 Å². The zero-order valence-electron chi connectivity index (χ0n) is 10.9. The van der Waals surface area contributed by atoms with Crippen molar-refractivity contribution in [2.45, 2.75) is 33.6 Å². The largest absolute Gasteiger partial charge is 0.492 e.